The molecule has 0 atom stereocenters. The first-order valence-corrected chi connectivity index (χ1v) is 6.19. The first-order valence-electron chi connectivity index (χ1n) is 5.81. The van der Waals surface area contributed by atoms with Crippen LogP contribution in [0.5, 0.6) is 0 Å². The highest BCUT2D eigenvalue weighted by molar-refractivity contribution is 6.30. The van der Waals surface area contributed by atoms with Crippen LogP contribution < -0.4 is 5.32 Å². The summed E-state index contributed by atoms with van der Waals surface area (Å²) in [4.78, 5) is 0. The minimum absolute atomic E-state index is 0.249. The zero-order valence-electron chi connectivity index (χ0n) is 10.2. The molecule has 1 saturated heterocycles. The number of hydrogen-bond acceptors (Lipinski definition) is 3. The number of nitrogens with one attached hydrogen (secondary N) is 1. The Morgan fingerprint density at radius 2 is 1.82 bits per heavy atom. The van der Waals surface area contributed by atoms with Crippen LogP contribution in [-0.2, 0) is 16.0 Å². The molecule has 0 aliphatic carbocycles. The third-order valence-electron chi connectivity index (χ3n) is 2.77. The van der Waals surface area contributed by atoms with Crippen LogP contribution in [-0.4, -0.2) is 25.0 Å². The van der Waals surface area contributed by atoms with E-state index in [9.17, 15) is 0 Å². The van der Waals surface area contributed by atoms with E-state index in [0.717, 1.165) is 11.6 Å². The second-order valence-corrected chi connectivity index (χ2v) is 5.16. The molecule has 1 aliphatic rings. The molecule has 0 saturated carbocycles. The van der Waals surface area contributed by atoms with Crippen LogP contribution in [0.15, 0.2) is 24.3 Å². The summed E-state index contributed by atoms with van der Waals surface area (Å²) in [7, 11) is 0. The van der Waals surface area contributed by atoms with E-state index < -0.39 is 5.79 Å². The summed E-state index contributed by atoms with van der Waals surface area (Å²) in [6.45, 7) is 6.03. The molecule has 0 amide bonds. The van der Waals surface area contributed by atoms with Crippen LogP contribution in [0.2, 0.25) is 5.02 Å². The maximum atomic E-state index is 5.83. The number of ether oxygens (including phenoxy) is 2. The quantitative estimate of drug-likeness (QED) is 0.901. The monoisotopic (exact) mass is 255 g/mol. The van der Waals surface area contributed by atoms with Crippen molar-refractivity contribution in [2.75, 3.05) is 13.2 Å². The predicted octanol–water partition coefficient (Wildman–Crippen LogP) is 2.58. The van der Waals surface area contributed by atoms with Crippen LogP contribution in [0, 0.1) is 0 Å². The summed E-state index contributed by atoms with van der Waals surface area (Å²) < 4.78 is 11.2. The van der Waals surface area contributed by atoms with Crippen LogP contribution in [0.3, 0.4) is 0 Å². The normalized spacial score (nSPS) is 20.4. The van der Waals surface area contributed by atoms with Gasteiger partial charge in [-0.3, -0.25) is 0 Å². The van der Waals surface area contributed by atoms with Gasteiger partial charge in [0, 0.05) is 11.6 Å². The average Bonchev–Trinajstić information content (AvgIpc) is 2.30. The molecule has 2 rings (SSSR count). The third-order valence-corrected chi connectivity index (χ3v) is 3.02. The second kappa shape index (κ2) is 5.36. The molecule has 1 aromatic carbocycles. The van der Waals surface area contributed by atoms with Gasteiger partial charge in [-0.05, 0) is 31.5 Å². The summed E-state index contributed by atoms with van der Waals surface area (Å²) >= 11 is 5.83. The van der Waals surface area contributed by atoms with E-state index in [4.69, 9.17) is 21.1 Å². The smallest absolute Gasteiger partial charge is 0.162 e. The Bertz CT molecular complexity index is 354. The van der Waals surface area contributed by atoms with E-state index in [1.165, 1.54) is 5.56 Å². The Balaban J connectivity index is 1.78. The topological polar surface area (TPSA) is 30.5 Å². The number of rotatable bonds is 3. The Morgan fingerprint density at radius 3 is 2.41 bits per heavy atom. The van der Waals surface area contributed by atoms with Crippen molar-refractivity contribution in [1.82, 2.24) is 5.32 Å². The lowest BCUT2D eigenvalue weighted by Crippen LogP contribution is -2.48. The van der Waals surface area contributed by atoms with E-state index in [1.807, 2.05) is 38.1 Å². The highest BCUT2D eigenvalue weighted by Crippen LogP contribution is 2.17. The number of halogens is 1. The third kappa shape index (κ3) is 3.96. The van der Waals surface area contributed by atoms with Gasteiger partial charge >= 0.3 is 0 Å². The standard InChI is InChI=1S/C13H18ClNO2/c1-13(2)16-8-12(9-17-13)15-7-10-3-5-11(14)6-4-10/h3-6,12,15H,7-9H2,1-2H3. The molecule has 0 unspecified atom stereocenters. The van der Waals surface area contributed by atoms with Crippen LogP contribution in [0.4, 0.5) is 0 Å². The maximum absolute atomic E-state index is 5.83. The minimum atomic E-state index is -0.446. The Labute approximate surface area is 107 Å². The average molecular weight is 256 g/mol. The van der Waals surface area contributed by atoms with Gasteiger partial charge in [-0.15, -0.1) is 0 Å². The molecule has 4 heteroatoms. The van der Waals surface area contributed by atoms with Crippen LogP contribution in [0.25, 0.3) is 0 Å². The van der Waals surface area contributed by atoms with Crippen molar-refractivity contribution in [2.45, 2.75) is 32.2 Å². The number of hydrogen-bond donors (Lipinski definition) is 1. The van der Waals surface area contributed by atoms with Crippen molar-refractivity contribution in [1.29, 1.82) is 0 Å². The molecule has 17 heavy (non-hydrogen) atoms. The first-order chi connectivity index (χ1) is 8.05. The molecule has 0 bridgehead atoms. The minimum Gasteiger partial charge on any atom is -0.349 e. The summed E-state index contributed by atoms with van der Waals surface area (Å²) in [5.74, 6) is -0.446. The van der Waals surface area contributed by atoms with Crippen molar-refractivity contribution >= 4 is 11.6 Å². The summed E-state index contributed by atoms with van der Waals surface area (Å²) in [5.41, 5.74) is 1.21. The second-order valence-electron chi connectivity index (χ2n) is 4.73. The lowest BCUT2D eigenvalue weighted by molar-refractivity contribution is -0.253. The molecular weight excluding hydrogens is 238 g/mol. The highest BCUT2D eigenvalue weighted by atomic mass is 35.5. The molecular formula is C13H18ClNO2. The Morgan fingerprint density at radius 1 is 1.24 bits per heavy atom. The molecule has 1 heterocycles. The fraction of sp³-hybridized carbons (Fsp3) is 0.538. The van der Waals surface area contributed by atoms with Crippen molar-refractivity contribution in [3.63, 3.8) is 0 Å². The Hall–Kier alpha value is -0.610. The van der Waals surface area contributed by atoms with Gasteiger partial charge in [0.1, 0.15) is 0 Å². The van der Waals surface area contributed by atoms with Gasteiger partial charge in [-0.25, -0.2) is 0 Å². The molecule has 1 fully saturated rings. The molecule has 0 aromatic heterocycles. The number of benzene rings is 1. The fourth-order valence-corrected chi connectivity index (χ4v) is 1.80. The SMILES string of the molecule is CC1(C)OCC(NCc2ccc(Cl)cc2)CO1. The highest BCUT2D eigenvalue weighted by Gasteiger charge is 2.27. The zero-order valence-corrected chi connectivity index (χ0v) is 11.0. The van der Waals surface area contributed by atoms with Crippen molar-refractivity contribution in [3.8, 4) is 0 Å². The molecule has 0 radical (unpaired) electrons. The molecule has 3 nitrogen and oxygen atoms in total. The molecule has 94 valence electrons. The largest absolute Gasteiger partial charge is 0.349 e. The molecule has 0 spiro atoms. The van der Waals surface area contributed by atoms with Gasteiger partial charge in [0.05, 0.1) is 19.3 Å². The van der Waals surface area contributed by atoms with E-state index in [2.05, 4.69) is 5.32 Å². The van der Waals surface area contributed by atoms with E-state index in [1.54, 1.807) is 0 Å². The van der Waals surface area contributed by atoms with Gasteiger partial charge < -0.3 is 14.8 Å². The van der Waals surface area contributed by atoms with Gasteiger partial charge in [0.25, 0.3) is 0 Å². The van der Waals surface area contributed by atoms with Crippen molar-refractivity contribution in [2.24, 2.45) is 0 Å². The van der Waals surface area contributed by atoms with Crippen molar-refractivity contribution in [3.05, 3.63) is 34.9 Å². The molecule has 1 aliphatic heterocycles. The van der Waals surface area contributed by atoms with Gasteiger partial charge in [-0.2, -0.15) is 0 Å². The predicted molar refractivity (Wildman–Crippen MR) is 68.1 cm³/mol. The van der Waals surface area contributed by atoms with E-state index in [0.29, 0.717) is 13.2 Å². The first kappa shape index (κ1) is 12.8. The van der Waals surface area contributed by atoms with Crippen LogP contribution in [0.1, 0.15) is 19.4 Å². The van der Waals surface area contributed by atoms with Crippen LogP contribution >= 0.6 is 11.6 Å². The van der Waals surface area contributed by atoms with Gasteiger partial charge in [0.2, 0.25) is 0 Å². The zero-order chi connectivity index (χ0) is 12.3. The lowest BCUT2D eigenvalue weighted by atomic mass is 10.2. The molecule has 1 aromatic rings. The van der Waals surface area contributed by atoms with Gasteiger partial charge in [-0.1, -0.05) is 23.7 Å². The summed E-state index contributed by atoms with van der Waals surface area (Å²) in [5, 5.41) is 4.17. The van der Waals surface area contributed by atoms with E-state index >= 15 is 0 Å². The van der Waals surface area contributed by atoms with Crippen molar-refractivity contribution < 1.29 is 9.47 Å². The summed E-state index contributed by atoms with van der Waals surface area (Å²) in [6.07, 6.45) is 0. The maximum Gasteiger partial charge on any atom is 0.162 e. The molecule has 1 N–H and O–H groups in total. The fourth-order valence-electron chi connectivity index (χ4n) is 1.67. The van der Waals surface area contributed by atoms with E-state index in [-0.39, 0.29) is 6.04 Å². The lowest BCUT2D eigenvalue weighted by Gasteiger charge is -2.35. The summed E-state index contributed by atoms with van der Waals surface area (Å²) in [6, 6.07) is 8.08. The van der Waals surface area contributed by atoms with Gasteiger partial charge in [0.15, 0.2) is 5.79 Å². The Kier molecular flexibility index (Phi) is 4.05.